The van der Waals surface area contributed by atoms with Crippen LogP contribution in [0.25, 0.3) is 0 Å². The molecule has 0 aromatic heterocycles. The molecule has 0 saturated heterocycles. The Morgan fingerprint density at radius 2 is 2.06 bits per heavy atom. The number of benzene rings is 1. The van der Waals surface area contributed by atoms with E-state index in [2.05, 4.69) is 10.3 Å². The van der Waals surface area contributed by atoms with Crippen LogP contribution in [0.2, 0.25) is 0 Å². The summed E-state index contributed by atoms with van der Waals surface area (Å²) < 4.78 is 0. The second-order valence-electron chi connectivity index (χ2n) is 3.70. The fourth-order valence-corrected chi connectivity index (χ4v) is 1.44. The fraction of sp³-hybridized carbons (Fsp3) is 0.333. The van der Waals surface area contributed by atoms with Gasteiger partial charge in [0.1, 0.15) is 6.29 Å². The molecule has 1 aromatic rings. The van der Waals surface area contributed by atoms with E-state index in [1.54, 1.807) is 0 Å². The number of nitrogens with one attached hydrogen (secondary N) is 1. The van der Waals surface area contributed by atoms with Crippen molar-refractivity contribution in [2.45, 2.75) is 18.9 Å². The number of hydrogen-bond acceptors (Lipinski definition) is 3. The second kappa shape index (κ2) is 7.27. The maximum absolute atomic E-state index is 10.9. The molecule has 0 aliphatic rings. The standard InChI is InChI=1S/C12H18N4O/c13-12(14)15-8-4-7-11(9-17)16-10-5-2-1-3-6-10/h1-3,5-6,9,11,16H,4,7-8H2,(H4,13,14,15)/t11-/m0/s1. The summed E-state index contributed by atoms with van der Waals surface area (Å²) in [7, 11) is 0. The molecular weight excluding hydrogens is 216 g/mol. The van der Waals surface area contributed by atoms with Crippen LogP contribution in [0.1, 0.15) is 12.8 Å². The highest BCUT2D eigenvalue weighted by atomic mass is 16.1. The van der Waals surface area contributed by atoms with Crippen molar-refractivity contribution < 1.29 is 4.79 Å². The molecule has 0 aliphatic heterocycles. The molecule has 0 amide bonds. The van der Waals surface area contributed by atoms with E-state index in [4.69, 9.17) is 11.5 Å². The average molecular weight is 234 g/mol. The van der Waals surface area contributed by atoms with E-state index in [0.29, 0.717) is 13.0 Å². The van der Waals surface area contributed by atoms with Gasteiger partial charge in [-0.3, -0.25) is 4.99 Å². The molecule has 5 nitrogen and oxygen atoms in total. The smallest absolute Gasteiger partial charge is 0.185 e. The largest absolute Gasteiger partial charge is 0.376 e. The van der Waals surface area contributed by atoms with Gasteiger partial charge in [0.25, 0.3) is 0 Å². The molecule has 0 fully saturated rings. The molecule has 0 saturated carbocycles. The minimum absolute atomic E-state index is 0.0867. The predicted molar refractivity (Wildman–Crippen MR) is 69.8 cm³/mol. The van der Waals surface area contributed by atoms with Gasteiger partial charge in [-0.25, -0.2) is 0 Å². The van der Waals surface area contributed by atoms with Gasteiger partial charge in [-0.05, 0) is 25.0 Å². The van der Waals surface area contributed by atoms with Gasteiger partial charge in [0.15, 0.2) is 5.96 Å². The number of carbonyl (C=O) groups is 1. The first-order valence-electron chi connectivity index (χ1n) is 5.54. The summed E-state index contributed by atoms with van der Waals surface area (Å²) in [4.78, 5) is 14.8. The van der Waals surface area contributed by atoms with Crippen LogP contribution in [0.15, 0.2) is 35.3 Å². The summed E-state index contributed by atoms with van der Waals surface area (Å²) in [5.41, 5.74) is 11.4. The van der Waals surface area contributed by atoms with Crippen molar-refractivity contribution in [1.29, 1.82) is 0 Å². The van der Waals surface area contributed by atoms with Crippen molar-refractivity contribution in [1.82, 2.24) is 0 Å². The number of hydrogen-bond donors (Lipinski definition) is 3. The molecule has 1 rings (SSSR count). The quantitative estimate of drug-likeness (QED) is 0.280. The Kier molecular flexibility index (Phi) is 5.57. The zero-order valence-electron chi connectivity index (χ0n) is 9.67. The molecule has 17 heavy (non-hydrogen) atoms. The van der Waals surface area contributed by atoms with Gasteiger partial charge in [0.2, 0.25) is 0 Å². The molecule has 5 N–H and O–H groups in total. The Labute approximate surface area is 101 Å². The van der Waals surface area contributed by atoms with Gasteiger partial charge in [-0.2, -0.15) is 0 Å². The van der Waals surface area contributed by atoms with Gasteiger partial charge in [-0.1, -0.05) is 18.2 Å². The van der Waals surface area contributed by atoms with Crippen molar-refractivity contribution in [2.75, 3.05) is 11.9 Å². The molecule has 0 bridgehead atoms. The maximum atomic E-state index is 10.9. The number of guanidine groups is 1. The Morgan fingerprint density at radius 1 is 1.35 bits per heavy atom. The molecule has 0 heterocycles. The van der Waals surface area contributed by atoms with Crippen LogP contribution in [0, 0.1) is 0 Å². The molecule has 92 valence electrons. The zero-order valence-corrected chi connectivity index (χ0v) is 9.67. The Morgan fingerprint density at radius 3 is 2.65 bits per heavy atom. The molecule has 5 heteroatoms. The van der Waals surface area contributed by atoms with Crippen LogP contribution >= 0.6 is 0 Å². The summed E-state index contributed by atoms with van der Waals surface area (Å²) >= 11 is 0. The van der Waals surface area contributed by atoms with Gasteiger partial charge >= 0.3 is 0 Å². The van der Waals surface area contributed by atoms with Crippen LogP contribution in [0.3, 0.4) is 0 Å². The number of nitrogens with zero attached hydrogens (tertiary/aromatic N) is 1. The number of para-hydroxylation sites is 1. The van der Waals surface area contributed by atoms with E-state index in [9.17, 15) is 4.79 Å². The van der Waals surface area contributed by atoms with Crippen molar-refractivity contribution in [2.24, 2.45) is 16.5 Å². The van der Waals surface area contributed by atoms with Crippen molar-refractivity contribution >= 4 is 17.9 Å². The molecule has 0 unspecified atom stereocenters. The van der Waals surface area contributed by atoms with E-state index >= 15 is 0 Å². The van der Waals surface area contributed by atoms with Gasteiger partial charge < -0.3 is 21.6 Å². The van der Waals surface area contributed by atoms with Crippen LogP contribution in [-0.2, 0) is 4.79 Å². The van der Waals surface area contributed by atoms with Crippen molar-refractivity contribution in [3.05, 3.63) is 30.3 Å². The Bertz CT molecular complexity index is 360. The number of anilines is 1. The summed E-state index contributed by atoms with van der Waals surface area (Å²) in [6, 6.07) is 9.41. The highest BCUT2D eigenvalue weighted by molar-refractivity contribution is 5.75. The number of rotatable bonds is 7. The SMILES string of the molecule is NC(N)=NCCC[C@@H](C=O)Nc1ccccc1. The number of carbonyl (C=O) groups excluding carboxylic acids is 1. The minimum Gasteiger partial charge on any atom is -0.376 e. The fourth-order valence-electron chi connectivity index (χ4n) is 1.44. The monoisotopic (exact) mass is 234 g/mol. The summed E-state index contributed by atoms with van der Waals surface area (Å²) in [5.74, 6) is 0.0867. The molecule has 1 aromatic carbocycles. The number of nitrogens with two attached hydrogens (primary N) is 2. The van der Waals surface area contributed by atoms with Gasteiger partial charge in [0.05, 0.1) is 6.04 Å². The Balaban J connectivity index is 2.34. The zero-order chi connectivity index (χ0) is 12.5. The lowest BCUT2D eigenvalue weighted by molar-refractivity contribution is -0.108. The van der Waals surface area contributed by atoms with Crippen LogP contribution in [-0.4, -0.2) is 24.8 Å². The van der Waals surface area contributed by atoms with Crippen LogP contribution < -0.4 is 16.8 Å². The number of aldehydes is 1. The lowest BCUT2D eigenvalue weighted by atomic mass is 10.1. The van der Waals surface area contributed by atoms with Gasteiger partial charge in [-0.15, -0.1) is 0 Å². The first kappa shape index (κ1) is 13.0. The topological polar surface area (TPSA) is 93.5 Å². The third-order valence-electron chi connectivity index (χ3n) is 2.26. The van der Waals surface area contributed by atoms with E-state index < -0.39 is 0 Å². The summed E-state index contributed by atoms with van der Waals surface area (Å²) in [6.45, 7) is 0.545. The highest BCUT2D eigenvalue weighted by Gasteiger charge is 2.05. The second-order valence-corrected chi connectivity index (χ2v) is 3.70. The summed E-state index contributed by atoms with van der Waals surface area (Å²) in [6.07, 6.45) is 2.37. The number of aliphatic imine (C=N–C) groups is 1. The third-order valence-corrected chi connectivity index (χ3v) is 2.26. The first-order chi connectivity index (χ1) is 8.22. The molecular formula is C12H18N4O. The predicted octanol–water partition coefficient (Wildman–Crippen LogP) is 0.720. The van der Waals surface area contributed by atoms with E-state index in [1.807, 2.05) is 30.3 Å². The van der Waals surface area contributed by atoms with Crippen molar-refractivity contribution in [3.8, 4) is 0 Å². The van der Waals surface area contributed by atoms with E-state index in [0.717, 1.165) is 18.4 Å². The normalized spacial score (nSPS) is 11.5. The maximum Gasteiger partial charge on any atom is 0.185 e. The molecule has 0 radical (unpaired) electrons. The molecule has 0 spiro atoms. The minimum atomic E-state index is -0.202. The molecule has 1 atom stereocenters. The lowest BCUT2D eigenvalue weighted by Crippen LogP contribution is -2.24. The van der Waals surface area contributed by atoms with E-state index in [-0.39, 0.29) is 12.0 Å². The van der Waals surface area contributed by atoms with Crippen LogP contribution in [0.4, 0.5) is 5.69 Å². The summed E-state index contributed by atoms with van der Waals surface area (Å²) in [5, 5.41) is 3.14. The average Bonchev–Trinajstić information content (AvgIpc) is 2.34. The highest BCUT2D eigenvalue weighted by Crippen LogP contribution is 2.08. The Hall–Kier alpha value is -2.04. The third kappa shape index (κ3) is 5.55. The van der Waals surface area contributed by atoms with Crippen molar-refractivity contribution in [3.63, 3.8) is 0 Å². The van der Waals surface area contributed by atoms with Crippen LogP contribution in [0.5, 0.6) is 0 Å². The van der Waals surface area contributed by atoms with Gasteiger partial charge in [0, 0.05) is 12.2 Å². The van der Waals surface area contributed by atoms with E-state index in [1.165, 1.54) is 0 Å². The lowest BCUT2D eigenvalue weighted by Gasteiger charge is -2.13. The first-order valence-corrected chi connectivity index (χ1v) is 5.54. The molecule has 0 aliphatic carbocycles.